The van der Waals surface area contributed by atoms with Crippen LogP contribution in [-0.4, -0.2) is 29.4 Å². The van der Waals surface area contributed by atoms with Crippen LogP contribution in [0.1, 0.15) is 42.5 Å². The van der Waals surface area contributed by atoms with Gasteiger partial charge in [0.25, 0.3) is 11.8 Å². The van der Waals surface area contributed by atoms with E-state index in [1.165, 1.54) is 17.9 Å². The molecule has 7 nitrogen and oxygen atoms in total. The number of allylic oxidation sites excluding steroid dienone is 1. The van der Waals surface area contributed by atoms with Crippen molar-refractivity contribution < 1.29 is 32.3 Å². The number of benzene rings is 2. The summed E-state index contributed by atoms with van der Waals surface area (Å²) in [6.07, 6.45) is -5.27. The van der Waals surface area contributed by atoms with Gasteiger partial charge in [0.15, 0.2) is 0 Å². The highest BCUT2D eigenvalue weighted by atomic mass is 19.4. The van der Waals surface area contributed by atoms with E-state index in [0.29, 0.717) is 10.7 Å². The number of hydrogen-bond acceptors (Lipinski definition) is 5. The standard InChI is InChI=1S/C24H24F3N3O4/c1-5-34-21(32)12-20(31)30(28)15(4)22-18-7-6-16(24(25,26)27)11-19(18)29(23(22)33)17-9-13(2)8-14(3)10-17/h6-11H,5,12,28H2,1-4H3/b22-15-. The monoisotopic (exact) mass is 475 g/mol. The molecule has 1 aliphatic rings. The highest BCUT2D eigenvalue weighted by Crippen LogP contribution is 2.45. The Hall–Kier alpha value is -3.66. The number of esters is 1. The maximum atomic E-state index is 13.5. The number of hydrogen-bond donors (Lipinski definition) is 1. The number of ether oxygens (including phenoxy) is 1. The smallest absolute Gasteiger partial charge is 0.416 e. The molecule has 2 aromatic rings. The lowest BCUT2D eigenvalue weighted by Crippen LogP contribution is -2.38. The average Bonchev–Trinajstić information content (AvgIpc) is 3.02. The lowest BCUT2D eigenvalue weighted by molar-refractivity contribution is -0.148. The predicted octanol–water partition coefficient (Wildman–Crippen LogP) is 4.39. The minimum absolute atomic E-state index is 0.00724. The maximum Gasteiger partial charge on any atom is 0.416 e. The van der Waals surface area contributed by atoms with Gasteiger partial charge in [-0.25, -0.2) is 5.84 Å². The van der Waals surface area contributed by atoms with Crippen molar-refractivity contribution in [3.8, 4) is 0 Å². The maximum absolute atomic E-state index is 13.5. The molecular weight excluding hydrogens is 451 g/mol. The molecule has 0 radical (unpaired) electrons. The molecule has 180 valence electrons. The Labute approximate surface area is 194 Å². The normalized spacial score (nSPS) is 14.7. The number of halogens is 3. The van der Waals surface area contributed by atoms with Crippen molar-refractivity contribution in [2.45, 2.75) is 40.3 Å². The van der Waals surface area contributed by atoms with Gasteiger partial charge in [-0.15, -0.1) is 0 Å². The van der Waals surface area contributed by atoms with E-state index in [2.05, 4.69) is 0 Å². The van der Waals surface area contributed by atoms with Crippen molar-refractivity contribution in [2.75, 3.05) is 11.5 Å². The molecule has 34 heavy (non-hydrogen) atoms. The molecular formula is C24H24F3N3O4. The summed E-state index contributed by atoms with van der Waals surface area (Å²) in [7, 11) is 0. The zero-order valence-corrected chi connectivity index (χ0v) is 19.1. The number of carbonyl (C=O) groups excluding carboxylic acids is 3. The number of nitrogens with two attached hydrogens (primary N) is 1. The fourth-order valence-electron chi connectivity index (χ4n) is 3.85. The van der Waals surface area contributed by atoms with E-state index < -0.39 is 35.9 Å². The van der Waals surface area contributed by atoms with E-state index in [0.717, 1.165) is 23.3 Å². The summed E-state index contributed by atoms with van der Waals surface area (Å²) in [6, 6.07) is 8.17. The van der Waals surface area contributed by atoms with E-state index in [4.69, 9.17) is 10.6 Å². The molecule has 10 heteroatoms. The molecule has 2 N–H and O–H groups in total. The highest BCUT2D eigenvalue weighted by molar-refractivity contribution is 6.35. The van der Waals surface area contributed by atoms with Gasteiger partial charge in [0.05, 0.1) is 23.4 Å². The first-order valence-corrected chi connectivity index (χ1v) is 10.4. The topological polar surface area (TPSA) is 92.9 Å². The average molecular weight is 475 g/mol. The van der Waals surface area contributed by atoms with Gasteiger partial charge < -0.3 is 4.74 Å². The number of aryl methyl sites for hydroxylation is 2. The molecule has 0 saturated heterocycles. The van der Waals surface area contributed by atoms with Crippen molar-refractivity contribution >= 4 is 34.7 Å². The van der Waals surface area contributed by atoms with Crippen molar-refractivity contribution in [2.24, 2.45) is 5.84 Å². The van der Waals surface area contributed by atoms with E-state index in [1.807, 2.05) is 19.9 Å². The second-order valence-corrected chi connectivity index (χ2v) is 7.92. The van der Waals surface area contributed by atoms with Crippen LogP contribution in [-0.2, 0) is 25.3 Å². The number of carbonyl (C=O) groups is 3. The number of fused-ring (bicyclic) bond motifs is 1. The van der Waals surface area contributed by atoms with E-state index >= 15 is 0 Å². The molecule has 1 heterocycles. The lowest BCUT2D eigenvalue weighted by atomic mass is 10.0. The zero-order chi connectivity index (χ0) is 25.4. The Morgan fingerprint density at radius 1 is 1.09 bits per heavy atom. The van der Waals surface area contributed by atoms with Crippen LogP contribution in [0.2, 0.25) is 0 Å². The first-order chi connectivity index (χ1) is 15.8. The summed E-state index contributed by atoms with van der Waals surface area (Å²) in [4.78, 5) is 38.9. The summed E-state index contributed by atoms with van der Waals surface area (Å²) >= 11 is 0. The van der Waals surface area contributed by atoms with Gasteiger partial charge in [0.2, 0.25) is 0 Å². The fraction of sp³-hybridized carbons (Fsp3) is 0.292. The molecule has 0 aliphatic carbocycles. The molecule has 0 aromatic heterocycles. The number of amides is 2. The highest BCUT2D eigenvalue weighted by Gasteiger charge is 2.39. The largest absolute Gasteiger partial charge is 0.466 e. The Morgan fingerprint density at radius 2 is 1.71 bits per heavy atom. The minimum atomic E-state index is -4.62. The molecule has 0 atom stereocenters. The predicted molar refractivity (Wildman–Crippen MR) is 119 cm³/mol. The lowest BCUT2D eigenvalue weighted by Gasteiger charge is -2.20. The molecule has 0 unspecified atom stereocenters. The zero-order valence-electron chi connectivity index (χ0n) is 19.1. The van der Waals surface area contributed by atoms with Gasteiger partial charge in [-0.1, -0.05) is 12.1 Å². The van der Waals surface area contributed by atoms with Crippen LogP contribution >= 0.6 is 0 Å². The Kier molecular flexibility index (Phi) is 6.83. The number of rotatable bonds is 5. The molecule has 0 saturated carbocycles. The third-order valence-corrected chi connectivity index (χ3v) is 5.31. The Bertz CT molecular complexity index is 1180. The summed E-state index contributed by atoms with van der Waals surface area (Å²) in [5.41, 5.74) is 1.25. The van der Waals surface area contributed by atoms with Crippen LogP contribution in [0.15, 0.2) is 42.1 Å². The van der Waals surface area contributed by atoms with Crippen LogP contribution in [0.4, 0.5) is 24.5 Å². The second kappa shape index (κ2) is 9.30. The van der Waals surface area contributed by atoms with Gasteiger partial charge in [-0.3, -0.25) is 24.3 Å². The third-order valence-electron chi connectivity index (χ3n) is 5.31. The number of anilines is 2. The number of nitrogens with zero attached hydrogens (tertiary/aromatic N) is 2. The fourth-order valence-corrected chi connectivity index (χ4v) is 3.85. The van der Waals surface area contributed by atoms with E-state index in [9.17, 15) is 27.6 Å². The van der Waals surface area contributed by atoms with Gasteiger partial charge in [0.1, 0.15) is 6.42 Å². The van der Waals surface area contributed by atoms with Crippen molar-refractivity contribution in [3.63, 3.8) is 0 Å². The van der Waals surface area contributed by atoms with Crippen LogP contribution < -0.4 is 10.7 Å². The Balaban J connectivity index is 2.16. The molecule has 0 spiro atoms. The van der Waals surface area contributed by atoms with E-state index in [-0.39, 0.29) is 29.1 Å². The van der Waals surface area contributed by atoms with Gasteiger partial charge in [-0.05, 0) is 63.1 Å². The van der Waals surface area contributed by atoms with Gasteiger partial charge in [0, 0.05) is 16.9 Å². The Morgan fingerprint density at radius 3 is 2.26 bits per heavy atom. The van der Waals surface area contributed by atoms with Gasteiger partial charge >= 0.3 is 12.1 Å². The summed E-state index contributed by atoms with van der Waals surface area (Å²) < 4.78 is 45.1. The first-order valence-electron chi connectivity index (χ1n) is 10.4. The molecule has 1 aliphatic heterocycles. The van der Waals surface area contributed by atoms with Crippen LogP contribution in [0.25, 0.3) is 5.57 Å². The summed E-state index contributed by atoms with van der Waals surface area (Å²) in [6.45, 7) is 6.67. The van der Waals surface area contributed by atoms with Crippen LogP contribution in [0, 0.1) is 13.8 Å². The molecule has 3 rings (SSSR count). The molecule has 0 bridgehead atoms. The SMILES string of the molecule is CCOC(=O)CC(=O)N(N)/C(C)=C1\C(=O)N(c2cc(C)cc(C)c2)c2cc(C(F)(F)F)ccc21. The van der Waals surface area contributed by atoms with Crippen molar-refractivity contribution in [1.82, 2.24) is 5.01 Å². The number of alkyl halides is 3. The molecule has 0 fully saturated rings. The van der Waals surface area contributed by atoms with Crippen LogP contribution in [0.5, 0.6) is 0 Å². The summed E-state index contributed by atoms with van der Waals surface area (Å²) in [5, 5.41) is 0.649. The number of hydrazine groups is 1. The van der Waals surface area contributed by atoms with Crippen molar-refractivity contribution in [1.29, 1.82) is 0 Å². The van der Waals surface area contributed by atoms with Crippen LogP contribution in [0.3, 0.4) is 0 Å². The molecule has 2 amide bonds. The van der Waals surface area contributed by atoms with Gasteiger partial charge in [-0.2, -0.15) is 13.2 Å². The summed E-state index contributed by atoms with van der Waals surface area (Å²) in [5.74, 6) is 3.65. The third kappa shape index (κ3) is 4.81. The first kappa shape index (κ1) is 25.0. The van der Waals surface area contributed by atoms with E-state index in [1.54, 1.807) is 19.1 Å². The second-order valence-electron chi connectivity index (χ2n) is 7.92. The quantitative estimate of drug-likeness (QED) is 0.173. The minimum Gasteiger partial charge on any atom is -0.466 e. The molecule has 2 aromatic carbocycles. The van der Waals surface area contributed by atoms with Crippen molar-refractivity contribution in [3.05, 3.63) is 64.3 Å².